The zero-order valence-corrected chi connectivity index (χ0v) is 12.7. The number of nitrogens with zero attached hydrogens (tertiary/aromatic N) is 2. The molecule has 0 saturated carbocycles. The maximum atomic E-state index is 11.7. The van der Waals surface area contributed by atoms with E-state index in [1.165, 1.54) is 36.2 Å². The molecule has 0 radical (unpaired) electrons. The molecule has 9 heteroatoms. The molecule has 2 N–H and O–H groups in total. The number of likely N-dealkylation sites (N-methyl/N-ethyl adjacent to an activating group) is 1. The summed E-state index contributed by atoms with van der Waals surface area (Å²) in [5.74, 6) is -1.20. The lowest BCUT2D eigenvalue weighted by Crippen LogP contribution is -2.31. The molecule has 0 heterocycles. The first-order valence-corrected chi connectivity index (χ1v) is 7.71. The number of esters is 1. The van der Waals surface area contributed by atoms with Gasteiger partial charge in [-0.1, -0.05) is 0 Å². The van der Waals surface area contributed by atoms with Crippen LogP contribution in [0.15, 0.2) is 29.2 Å². The highest BCUT2D eigenvalue weighted by molar-refractivity contribution is 7.89. The standard InChI is InChI=1S/C13H15N3O5S/c1-16(8-2-7-14)12(17)9-21-13(18)10-3-5-11(6-4-10)22(15,19)20/h3-6H,2,8-9H2,1H3,(H2,15,19,20). The van der Waals surface area contributed by atoms with Crippen LogP contribution in [0.25, 0.3) is 0 Å². The van der Waals surface area contributed by atoms with Crippen LogP contribution in [0.4, 0.5) is 0 Å². The lowest BCUT2D eigenvalue weighted by Gasteiger charge is -2.15. The van der Waals surface area contributed by atoms with E-state index in [2.05, 4.69) is 0 Å². The third kappa shape index (κ3) is 5.16. The van der Waals surface area contributed by atoms with Gasteiger partial charge in [0.2, 0.25) is 10.0 Å². The number of hydrogen-bond acceptors (Lipinski definition) is 6. The van der Waals surface area contributed by atoms with Gasteiger partial charge in [0, 0.05) is 13.6 Å². The molecule has 0 spiro atoms. The summed E-state index contributed by atoms with van der Waals surface area (Å²) in [6.07, 6.45) is 0.186. The van der Waals surface area contributed by atoms with Crippen molar-refractivity contribution in [3.63, 3.8) is 0 Å². The number of rotatable bonds is 6. The summed E-state index contributed by atoms with van der Waals surface area (Å²) in [6, 6.07) is 6.73. The SMILES string of the molecule is CN(CCC#N)C(=O)COC(=O)c1ccc(S(N)(=O)=O)cc1. The van der Waals surface area contributed by atoms with Gasteiger partial charge in [0.15, 0.2) is 6.61 Å². The van der Waals surface area contributed by atoms with Gasteiger partial charge in [0.25, 0.3) is 5.91 Å². The van der Waals surface area contributed by atoms with Crippen LogP contribution < -0.4 is 5.14 Å². The first-order chi connectivity index (χ1) is 10.3. The van der Waals surface area contributed by atoms with Crippen LogP contribution in [-0.2, 0) is 19.6 Å². The molecule has 1 rings (SSSR count). The number of ether oxygens (including phenoxy) is 1. The fourth-order valence-electron chi connectivity index (χ4n) is 1.44. The van der Waals surface area contributed by atoms with Crippen LogP contribution in [0, 0.1) is 11.3 Å². The van der Waals surface area contributed by atoms with Crippen molar-refractivity contribution >= 4 is 21.9 Å². The third-order valence-electron chi connectivity index (χ3n) is 2.73. The van der Waals surface area contributed by atoms with Gasteiger partial charge in [0.1, 0.15) is 0 Å². The van der Waals surface area contributed by atoms with Crippen molar-refractivity contribution in [1.29, 1.82) is 5.26 Å². The second-order valence-electron chi connectivity index (χ2n) is 4.37. The fourth-order valence-corrected chi connectivity index (χ4v) is 1.96. The fraction of sp³-hybridized carbons (Fsp3) is 0.308. The van der Waals surface area contributed by atoms with E-state index in [1.807, 2.05) is 6.07 Å². The topological polar surface area (TPSA) is 131 Å². The van der Waals surface area contributed by atoms with E-state index in [0.717, 1.165) is 0 Å². The largest absolute Gasteiger partial charge is 0.452 e. The highest BCUT2D eigenvalue weighted by Gasteiger charge is 2.14. The van der Waals surface area contributed by atoms with Crippen molar-refractivity contribution < 1.29 is 22.7 Å². The summed E-state index contributed by atoms with van der Waals surface area (Å²) in [7, 11) is -2.34. The Kier molecular flexibility index (Phi) is 6.03. The average molecular weight is 325 g/mol. The maximum absolute atomic E-state index is 11.7. The van der Waals surface area contributed by atoms with E-state index in [1.54, 1.807) is 0 Å². The van der Waals surface area contributed by atoms with Crippen molar-refractivity contribution in [3.05, 3.63) is 29.8 Å². The maximum Gasteiger partial charge on any atom is 0.338 e. The average Bonchev–Trinajstić information content (AvgIpc) is 2.49. The summed E-state index contributed by atoms with van der Waals surface area (Å²) in [6.45, 7) is -0.215. The predicted molar refractivity (Wildman–Crippen MR) is 76.0 cm³/mol. The molecule has 0 aliphatic carbocycles. The summed E-state index contributed by atoms with van der Waals surface area (Å²) < 4.78 is 27.0. The Morgan fingerprint density at radius 2 is 1.91 bits per heavy atom. The molecule has 0 fully saturated rings. The van der Waals surface area contributed by atoms with Crippen molar-refractivity contribution in [1.82, 2.24) is 4.90 Å². The molecule has 0 unspecified atom stereocenters. The summed E-state index contributed by atoms with van der Waals surface area (Å²) in [5.41, 5.74) is 0.0971. The number of primary sulfonamides is 1. The van der Waals surface area contributed by atoms with Gasteiger partial charge in [-0.15, -0.1) is 0 Å². The van der Waals surface area contributed by atoms with E-state index in [9.17, 15) is 18.0 Å². The molecule has 118 valence electrons. The Morgan fingerprint density at radius 3 is 2.41 bits per heavy atom. The van der Waals surface area contributed by atoms with Crippen LogP contribution in [0.3, 0.4) is 0 Å². The molecule has 1 aromatic rings. The van der Waals surface area contributed by atoms with Crippen molar-refractivity contribution in [2.75, 3.05) is 20.2 Å². The van der Waals surface area contributed by atoms with Crippen molar-refractivity contribution in [2.24, 2.45) is 5.14 Å². The molecule has 0 atom stereocenters. The molecule has 0 bridgehead atoms. The molecule has 0 saturated heterocycles. The Bertz CT molecular complexity index is 691. The molecule has 0 aliphatic heterocycles. The Labute approximate surface area is 128 Å². The summed E-state index contributed by atoms with van der Waals surface area (Å²) in [4.78, 5) is 24.5. The molecule has 0 aromatic heterocycles. The second kappa shape index (κ2) is 7.53. The minimum Gasteiger partial charge on any atom is -0.452 e. The van der Waals surface area contributed by atoms with Gasteiger partial charge < -0.3 is 9.64 Å². The predicted octanol–water partition coefficient (Wildman–Crippen LogP) is -0.137. The zero-order valence-electron chi connectivity index (χ0n) is 11.9. The Hall–Kier alpha value is -2.44. The van der Waals surface area contributed by atoms with Gasteiger partial charge in [-0.05, 0) is 24.3 Å². The third-order valence-corrected chi connectivity index (χ3v) is 3.66. The van der Waals surface area contributed by atoms with Crippen molar-refractivity contribution in [3.8, 4) is 6.07 Å². The van der Waals surface area contributed by atoms with Gasteiger partial charge in [-0.2, -0.15) is 5.26 Å². The number of nitriles is 1. The number of carbonyl (C=O) groups is 2. The number of carbonyl (C=O) groups excluding carboxylic acids is 2. The zero-order chi connectivity index (χ0) is 16.8. The number of hydrogen-bond donors (Lipinski definition) is 1. The number of amides is 1. The van der Waals surface area contributed by atoms with E-state index < -0.39 is 28.5 Å². The van der Waals surface area contributed by atoms with Crippen LogP contribution >= 0.6 is 0 Å². The quantitative estimate of drug-likeness (QED) is 0.724. The van der Waals surface area contributed by atoms with E-state index in [4.69, 9.17) is 15.1 Å². The van der Waals surface area contributed by atoms with Gasteiger partial charge in [0.05, 0.1) is 22.9 Å². The van der Waals surface area contributed by atoms with E-state index in [0.29, 0.717) is 0 Å². The van der Waals surface area contributed by atoms with Gasteiger partial charge in [-0.3, -0.25) is 4.79 Å². The van der Waals surface area contributed by atoms with Gasteiger partial charge in [-0.25, -0.2) is 18.4 Å². The van der Waals surface area contributed by atoms with Gasteiger partial charge >= 0.3 is 5.97 Å². The molecular weight excluding hydrogens is 310 g/mol. The lowest BCUT2D eigenvalue weighted by atomic mass is 10.2. The molecule has 1 amide bonds. The normalized spacial score (nSPS) is 10.6. The van der Waals surface area contributed by atoms with E-state index in [-0.39, 0.29) is 23.4 Å². The second-order valence-corrected chi connectivity index (χ2v) is 5.93. The van der Waals surface area contributed by atoms with Crippen LogP contribution in [0.2, 0.25) is 0 Å². The van der Waals surface area contributed by atoms with Crippen LogP contribution in [0.5, 0.6) is 0 Å². The first-order valence-electron chi connectivity index (χ1n) is 6.16. The highest BCUT2D eigenvalue weighted by Crippen LogP contribution is 2.09. The van der Waals surface area contributed by atoms with E-state index >= 15 is 0 Å². The Balaban J connectivity index is 2.59. The molecular formula is C13H15N3O5S. The Morgan fingerprint density at radius 1 is 1.32 bits per heavy atom. The highest BCUT2D eigenvalue weighted by atomic mass is 32.2. The lowest BCUT2D eigenvalue weighted by molar-refractivity contribution is -0.133. The minimum absolute atomic E-state index is 0.0971. The smallest absolute Gasteiger partial charge is 0.338 e. The summed E-state index contributed by atoms with van der Waals surface area (Å²) >= 11 is 0. The molecule has 1 aromatic carbocycles. The molecule has 22 heavy (non-hydrogen) atoms. The molecule has 8 nitrogen and oxygen atoms in total. The number of benzene rings is 1. The van der Waals surface area contributed by atoms with Crippen LogP contribution in [-0.4, -0.2) is 45.4 Å². The summed E-state index contributed by atoms with van der Waals surface area (Å²) in [5, 5.41) is 13.4. The molecule has 0 aliphatic rings. The van der Waals surface area contributed by atoms with Crippen molar-refractivity contribution in [2.45, 2.75) is 11.3 Å². The monoisotopic (exact) mass is 325 g/mol. The number of sulfonamides is 1. The number of nitrogens with two attached hydrogens (primary N) is 1. The minimum atomic E-state index is -3.83. The van der Waals surface area contributed by atoms with Crippen LogP contribution in [0.1, 0.15) is 16.8 Å². The first kappa shape index (κ1) is 17.6.